The maximum absolute atomic E-state index is 12.9. The highest BCUT2D eigenvalue weighted by Gasteiger charge is 2.16. The summed E-state index contributed by atoms with van der Waals surface area (Å²) in [5.74, 6) is 0. The van der Waals surface area contributed by atoms with Gasteiger partial charge in [0.15, 0.2) is 0 Å². The molecule has 0 unspecified atom stereocenters. The zero-order valence-electron chi connectivity index (χ0n) is 13.8. The van der Waals surface area contributed by atoms with Crippen molar-refractivity contribution in [3.63, 3.8) is 0 Å². The number of urea groups is 1. The second-order valence-corrected chi connectivity index (χ2v) is 6.95. The van der Waals surface area contributed by atoms with Gasteiger partial charge < -0.3 is 10.2 Å². The Labute approximate surface area is 165 Å². The van der Waals surface area contributed by atoms with Crippen LogP contribution in [-0.4, -0.2) is 20.9 Å². The predicted molar refractivity (Wildman–Crippen MR) is 106 cm³/mol. The summed E-state index contributed by atoms with van der Waals surface area (Å²) in [6, 6.07) is 12.7. The number of hydrogen-bond donors (Lipinski definition) is 1. The van der Waals surface area contributed by atoms with E-state index < -0.39 is 0 Å². The molecule has 0 spiro atoms. The van der Waals surface area contributed by atoms with Crippen molar-refractivity contribution in [1.82, 2.24) is 14.9 Å². The smallest absolute Gasteiger partial charge is 0.316 e. The lowest BCUT2D eigenvalue weighted by Gasteiger charge is -2.23. The quantitative estimate of drug-likeness (QED) is 0.609. The number of amides is 2. The molecule has 0 fully saturated rings. The maximum Gasteiger partial charge on any atom is 0.322 e. The number of carbonyl (C=O) groups is 1. The van der Waals surface area contributed by atoms with E-state index in [-0.39, 0.29) is 6.03 Å². The Kier molecular flexibility index (Phi) is 6.20. The van der Waals surface area contributed by atoms with Crippen molar-refractivity contribution in [3.8, 4) is 0 Å². The molecular formula is C19H16BrClN4O. The number of rotatable bonds is 5. The molecule has 0 aliphatic heterocycles. The fourth-order valence-electron chi connectivity index (χ4n) is 2.41. The molecular weight excluding hydrogens is 416 g/mol. The molecule has 0 saturated carbocycles. The number of anilines is 1. The van der Waals surface area contributed by atoms with E-state index in [2.05, 4.69) is 31.2 Å². The molecule has 0 radical (unpaired) electrons. The lowest BCUT2D eigenvalue weighted by Crippen LogP contribution is -2.34. The van der Waals surface area contributed by atoms with E-state index in [1.54, 1.807) is 41.8 Å². The molecule has 0 aliphatic rings. The van der Waals surface area contributed by atoms with Crippen LogP contribution in [0.5, 0.6) is 0 Å². The summed E-state index contributed by atoms with van der Waals surface area (Å²) in [5, 5.41) is 3.35. The summed E-state index contributed by atoms with van der Waals surface area (Å²) in [5.41, 5.74) is 2.49. The van der Waals surface area contributed by atoms with E-state index in [0.29, 0.717) is 23.8 Å². The SMILES string of the molecule is O=C(Nc1ccc(Br)cc1Cl)N(Cc1ccncc1)Cc1cccnc1. The van der Waals surface area contributed by atoms with Crippen molar-refractivity contribution in [3.05, 3.63) is 87.9 Å². The van der Waals surface area contributed by atoms with Gasteiger partial charge in [-0.2, -0.15) is 0 Å². The highest BCUT2D eigenvalue weighted by atomic mass is 79.9. The van der Waals surface area contributed by atoms with Crippen molar-refractivity contribution in [2.24, 2.45) is 0 Å². The second kappa shape index (κ2) is 8.78. The van der Waals surface area contributed by atoms with Crippen molar-refractivity contribution in [1.29, 1.82) is 0 Å². The fraction of sp³-hybridized carbons (Fsp3) is 0.105. The average molecular weight is 432 g/mol. The highest BCUT2D eigenvalue weighted by Crippen LogP contribution is 2.26. The number of carbonyl (C=O) groups excluding carboxylic acids is 1. The van der Waals surface area contributed by atoms with Gasteiger partial charge in [-0.1, -0.05) is 33.6 Å². The first-order chi connectivity index (χ1) is 12.6. The molecule has 1 N–H and O–H groups in total. The molecule has 3 rings (SSSR count). The fourth-order valence-corrected chi connectivity index (χ4v) is 3.13. The lowest BCUT2D eigenvalue weighted by molar-refractivity contribution is 0.206. The minimum absolute atomic E-state index is 0.241. The molecule has 7 heteroatoms. The van der Waals surface area contributed by atoms with E-state index in [1.807, 2.05) is 30.3 Å². The Morgan fingerprint density at radius 3 is 2.50 bits per heavy atom. The van der Waals surface area contributed by atoms with Gasteiger partial charge in [0.25, 0.3) is 0 Å². The molecule has 1 aromatic carbocycles. The number of nitrogens with one attached hydrogen (secondary N) is 1. The van der Waals surface area contributed by atoms with Gasteiger partial charge in [-0.15, -0.1) is 0 Å². The topological polar surface area (TPSA) is 58.1 Å². The Morgan fingerprint density at radius 2 is 1.81 bits per heavy atom. The Hall–Kier alpha value is -2.44. The monoisotopic (exact) mass is 430 g/mol. The average Bonchev–Trinajstić information content (AvgIpc) is 2.65. The van der Waals surface area contributed by atoms with Crippen molar-refractivity contribution < 1.29 is 4.79 Å². The van der Waals surface area contributed by atoms with Crippen molar-refractivity contribution >= 4 is 39.2 Å². The van der Waals surface area contributed by atoms with Crippen LogP contribution in [0.4, 0.5) is 10.5 Å². The number of halogens is 2. The van der Waals surface area contributed by atoms with E-state index in [1.165, 1.54) is 0 Å². The van der Waals surface area contributed by atoms with Crippen LogP contribution in [-0.2, 0) is 13.1 Å². The third-order valence-electron chi connectivity index (χ3n) is 3.68. The molecule has 0 bridgehead atoms. The van der Waals surface area contributed by atoms with E-state index in [9.17, 15) is 4.79 Å². The Morgan fingerprint density at radius 1 is 1.04 bits per heavy atom. The van der Waals surface area contributed by atoms with Crippen LogP contribution in [0, 0.1) is 0 Å². The van der Waals surface area contributed by atoms with Crippen LogP contribution in [0.1, 0.15) is 11.1 Å². The van der Waals surface area contributed by atoms with E-state index in [4.69, 9.17) is 11.6 Å². The van der Waals surface area contributed by atoms with Gasteiger partial charge in [0.2, 0.25) is 0 Å². The molecule has 0 aliphatic carbocycles. The van der Waals surface area contributed by atoms with Crippen LogP contribution in [0.3, 0.4) is 0 Å². The van der Waals surface area contributed by atoms with Gasteiger partial charge in [-0.05, 0) is 47.5 Å². The zero-order valence-corrected chi connectivity index (χ0v) is 16.1. The van der Waals surface area contributed by atoms with Gasteiger partial charge >= 0.3 is 6.03 Å². The molecule has 3 aromatic rings. The molecule has 2 aromatic heterocycles. The third-order valence-corrected chi connectivity index (χ3v) is 4.48. The number of hydrogen-bond acceptors (Lipinski definition) is 3. The summed E-state index contributed by atoms with van der Waals surface area (Å²) in [6.45, 7) is 0.869. The first-order valence-corrected chi connectivity index (χ1v) is 9.08. The molecule has 0 atom stereocenters. The normalized spacial score (nSPS) is 10.4. The van der Waals surface area contributed by atoms with Crippen LogP contribution in [0.2, 0.25) is 5.02 Å². The molecule has 26 heavy (non-hydrogen) atoms. The van der Waals surface area contributed by atoms with Crippen molar-refractivity contribution in [2.45, 2.75) is 13.1 Å². The molecule has 0 saturated heterocycles. The summed E-state index contributed by atoms with van der Waals surface area (Å²) < 4.78 is 0.851. The molecule has 132 valence electrons. The van der Waals surface area contributed by atoms with Gasteiger partial charge in [0, 0.05) is 42.3 Å². The van der Waals surface area contributed by atoms with Crippen LogP contribution >= 0.6 is 27.5 Å². The first kappa shape index (κ1) is 18.4. The number of aromatic nitrogens is 2. The Balaban J connectivity index is 1.80. The third kappa shape index (κ3) is 5.03. The maximum atomic E-state index is 12.9. The minimum atomic E-state index is -0.241. The van der Waals surface area contributed by atoms with Crippen LogP contribution in [0.25, 0.3) is 0 Å². The highest BCUT2D eigenvalue weighted by molar-refractivity contribution is 9.10. The van der Waals surface area contributed by atoms with E-state index in [0.717, 1.165) is 15.6 Å². The largest absolute Gasteiger partial charge is 0.322 e. The Bertz CT molecular complexity index is 836. The molecule has 2 heterocycles. The number of pyridine rings is 2. The summed E-state index contributed by atoms with van der Waals surface area (Å²) in [6.07, 6.45) is 6.87. The summed E-state index contributed by atoms with van der Waals surface area (Å²) >= 11 is 9.58. The van der Waals surface area contributed by atoms with Gasteiger partial charge in [0.1, 0.15) is 0 Å². The van der Waals surface area contributed by atoms with Crippen LogP contribution in [0.15, 0.2) is 71.7 Å². The lowest BCUT2D eigenvalue weighted by atomic mass is 10.2. The summed E-state index contributed by atoms with van der Waals surface area (Å²) in [7, 11) is 0. The minimum Gasteiger partial charge on any atom is -0.316 e. The molecule has 2 amide bonds. The number of benzene rings is 1. The first-order valence-electron chi connectivity index (χ1n) is 7.90. The van der Waals surface area contributed by atoms with E-state index >= 15 is 0 Å². The standard InChI is InChI=1S/C19H16BrClN4O/c20-16-3-4-18(17(21)10-16)24-19(26)25(12-14-5-8-22-9-6-14)13-15-2-1-7-23-11-15/h1-11H,12-13H2,(H,24,26). The van der Waals surface area contributed by atoms with Gasteiger partial charge in [0.05, 0.1) is 10.7 Å². The number of nitrogens with zero attached hydrogens (tertiary/aromatic N) is 3. The van der Waals surface area contributed by atoms with Gasteiger partial charge in [-0.25, -0.2) is 4.79 Å². The van der Waals surface area contributed by atoms with Gasteiger partial charge in [-0.3, -0.25) is 9.97 Å². The predicted octanol–water partition coefficient (Wildman–Crippen LogP) is 5.13. The summed E-state index contributed by atoms with van der Waals surface area (Å²) in [4.78, 5) is 22.7. The van der Waals surface area contributed by atoms with Crippen LogP contribution < -0.4 is 5.32 Å². The van der Waals surface area contributed by atoms with Crippen molar-refractivity contribution in [2.75, 3.05) is 5.32 Å². The second-order valence-electron chi connectivity index (χ2n) is 5.63. The zero-order chi connectivity index (χ0) is 18.4. The molecule has 5 nitrogen and oxygen atoms in total.